The van der Waals surface area contributed by atoms with Crippen LogP contribution in [0.1, 0.15) is 12.5 Å². The van der Waals surface area contributed by atoms with Gasteiger partial charge < -0.3 is 10.5 Å². The topological polar surface area (TPSA) is 38.5 Å². The highest BCUT2D eigenvalue weighted by Gasteiger charge is 2.08. The first-order valence-electron chi connectivity index (χ1n) is 5.30. The average molecular weight is 238 g/mol. The lowest BCUT2D eigenvalue weighted by Gasteiger charge is -2.20. The fraction of sp³-hybridized carbons (Fsp3) is 0.417. The third-order valence-corrected chi connectivity index (χ3v) is 2.54. The van der Waals surface area contributed by atoms with E-state index in [1.807, 2.05) is 18.2 Å². The van der Waals surface area contributed by atoms with Crippen LogP contribution in [0.5, 0.6) is 5.75 Å². The average Bonchev–Trinajstić information content (AvgIpc) is 2.28. The van der Waals surface area contributed by atoms with E-state index in [9.17, 15) is 0 Å². The summed E-state index contributed by atoms with van der Waals surface area (Å²) in [6.45, 7) is 4.45. The van der Waals surface area contributed by atoms with E-state index in [4.69, 9.17) is 22.7 Å². The number of hydrogen-bond donors (Lipinski definition) is 1. The Morgan fingerprint density at radius 2 is 2.12 bits per heavy atom. The predicted molar refractivity (Wildman–Crippen MR) is 70.7 cm³/mol. The molecule has 3 nitrogen and oxygen atoms in total. The maximum atomic E-state index is 5.55. The zero-order valence-electron chi connectivity index (χ0n) is 9.77. The van der Waals surface area contributed by atoms with Crippen molar-refractivity contribution in [1.29, 1.82) is 0 Å². The molecule has 1 rings (SSSR count). The summed E-state index contributed by atoms with van der Waals surface area (Å²) in [6.07, 6.45) is 0. The molecule has 16 heavy (non-hydrogen) atoms. The Morgan fingerprint density at radius 1 is 1.44 bits per heavy atom. The van der Waals surface area contributed by atoms with E-state index in [1.165, 1.54) is 0 Å². The van der Waals surface area contributed by atoms with Crippen molar-refractivity contribution in [2.45, 2.75) is 13.5 Å². The Hall–Kier alpha value is -1.13. The number of ether oxygens (including phenoxy) is 1. The number of likely N-dealkylation sites (N-methyl/N-ethyl adjacent to an activating group) is 1. The zero-order chi connectivity index (χ0) is 12.0. The number of benzene rings is 1. The molecule has 0 atom stereocenters. The number of methoxy groups -OCH3 is 1. The second-order valence-corrected chi connectivity index (χ2v) is 4.11. The zero-order valence-corrected chi connectivity index (χ0v) is 10.6. The van der Waals surface area contributed by atoms with Crippen molar-refractivity contribution in [3.63, 3.8) is 0 Å². The van der Waals surface area contributed by atoms with E-state index >= 15 is 0 Å². The number of nitrogens with zero attached hydrogens (tertiary/aromatic N) is 1. The highest BCUT2D eigenvalue weighted by atomic mass is 32.1. The summed E-state index contributed by atoms with van der Waals surface area (Å²) in [5.41, 5.74) is 6.71. The van der Waals surface area contributed by atoms with Crippen LogP contribution in [0.15, 0.2) is 24.3 Å². The third kappa shape index (κ3) is 3.79. The summed E-state index contributed by atoms with van der Waals surface area (Å²) in [5.74, 6) is 0.906. The molecule has 4 heteroatoms. The summed E-state index contributed by atoms with van der Waals surface area (Å²) in [4.78, 5) is 2.71. The van der Waals surface area contributed by atoms with Gasteiger partial charge in [0.2, 0.25) is 0 Å². The number of rotatable bonds is 6. The SMILES string of the molecule is CCN(CC(N)=S)Cc1ccccc1OC. The van der Waals surface area contributed by atoms with Crippen molar-refractivity contribution in [2.75, 3.05) is 20.2 Å². The molecule has 0 amide bonds. The first-order chi connectivity index (χ1) is 7.67. The highest BCUT2D eigenvalue weighted by Crippen LogP contribution is 2.18. The second-order valence-electron chi connectivity index (χ2n) is 3.58. The van der Waals surface area contributed by atoms with E-state index in [2.05, 4.69) is 17.9 Å². The monoisotopic (exact) mass is 238 g/mol. The summed E-state index contributed by atoms with van der Waals surface area (Å²) in [7, 11) is 1.68. The second kappa shape index (κ2) is 6.45. The molecule has 0 saturated carbocycles. The lowest BCUT2D eigenvalue weighted by atomic mass is 10.2. The maximum Gasteiger partial charge on any atom is 0.123 e. The van der Waals surface area contributed by atoms with Crippen LogP contribution in [0.3, 0.4) is 0 Å². The molecule has 0 spiro atoms. The smallest absolute Gasteiger partial charge is 0.123 e. The molecule has 1 aromatic carbocycles. The minimum absolute atomic E-state index is 0.525. The molecule has 0 unspecified atom stereocenters. The van der Waals surface area contributed by atoms with Gasteiger partial charge in [-0.05, 0) is 12.6 Å². The van der Waals surface area contributed by atoms with Crippen LogP contribution in [0, 0.1) is 0 Å². The van der Waals surface area contributed by atoms with E-state index in [0.29, 0.717) is 11.5 Å². The van der Waals surface area contributed by atoms with Crippen LogP contribution in [0.25, 0.3) is 0 Å². The van der Waals surface area contributed by atoms with E-state index < -0.39 is 0 Å². The van der Waals surface area contributed by atoms with E-state index in [0.717, 1.165) is 24.4 Å². The Kier molecular flexibility index (Phi) is 5.22. The number of hydrogen-bond acceptors (Lipinski definition) is 3. The van der Waals surface area contributed by atoms with Gasteiger partial charge in [-0.3, -0.25) is 4.90 Å². The Morgan fingerprint density at radius 3 is 2.69 bits per heavy atom. The molecule has 0 aliphatic heterocycles. The van der Waals surface area contributed by atoms with Gasteiger partial charge in [-0.2, -0.15) is 0 Å². The van der Waals surface area contributed by atoms with Crippen molar-refractivity contribution >= 4 is 17.2 Å². The highest BCUT2D eigenvalue weighted by molar-refractivity contribution is 7.80. The van der Waals surface area contributed by atoms with Gasteiger partial charge in [0.15, 0.2) is 0 Å². The van der Waals surface area contributed by atoms with Crippen molar-refractivity contribution in [3.8, 4) is 5.75 Å². The standard InChI is InChI=1S/C12H18N2OS/c1-3-14(9-12(13)16)8-10-6-4-5-7-11(10)15-2/h4-7H,3,8-9H2,1-2H3,(H2,13,16). The molecule has 0 heterocycles. The quantitative estimate of drug-likeness (QED) is 0.767. The van der Waals surface area contributed by atoms with Crippen LogP contribution in [-0.2, 0) is 6.54 Å². The lowest BCUT2D eigenvalue weighted by Crippen LogP contribution is -2.32. The van der Waals surface area contributed by atoms with Crippen LogP contribution in [0.4, 0.5) is 0 Å². The van der Waals surface area contributed by atoms with Gasteiger partial charge >= 0.3 is 0 Å². The normalized spacial score (nSPS) is 10.4. The van der Waals surface area contributed by atoms with Crippen LogP contribution < -0.4 is 10.5 Å². The Balaban J connectivity index is 2.73. The molecule has 0 aliphatic carbocycles. The van der Waals surface area contributed by atoms with Gasteiger partial charge in [-0.1, -0.05) is 37.3 Å². The molecule has 0 aromatic heterocycles. The molecule has 0 fully saturated rings. The van der Waals surface area contributed by atoms with Crippen LogP contribution >= 0.6 is 12.2 Å². The molecule has 2 N–H and O–H groups in total. The maximum absolute atomic E-state index is 5.55. The van der Waals surface area contributed by atoms with Gasteiger partial charge in [0, 0.05) is 18.7 Å². The fourth-order valence-electron chi connectivity index (χ4n) is 1.57. The van der Waals surface area contributed by atoms with Gasteiger partial charge in [0.1, 0.15) is 5.75 Å². The van der Waals surface area contributed by atoms with Crippen molar-refractivity contribution in [2.24, 2.45) is 5.73 Å². The van der Waals surface area contributed by atoms with Gasteiger partial charge in [0.05, 0.1) is 12.1 Å². The minimum atomic E-state index is 0.525. The Bertz CT molecular complexity index is 355. The number of para-hydroxylation sites is 1. The molecule has 88 valence electrons. The van der Waals surface area contributed by atoms with Crippen LogP contribution in [-0.4, -0.2) is 30.1 Å². The summed E-state index contributed by atoms with van der Waals surface area (Å²) < 4.78 is 5.30. The van der Waals surface area contributed by atoms with Crippen LogP contribution in [0.2, 0.25) is 0 Å². The van der Waals surface area contributed by atoms with Crippen molar-refractivity contribution in [3.05, 3.63) is 29.8 Å². The summed E-state index contributed by atoms with van der Waals surface area (Å²) in [6, 6.07) is 7.99. The largest absolute Gasteiger partial charge is 0.496 e. The molecular formula is C12H18N2OS. The molecule has 0 aliphatic rings. The number of nitrogens with two attached hydrogens (primary N) is 1. The fourth-order valence-corrected chi connectivity index (χ4v) is 1.76. The van der Waals surface area contributed by atoms with E-state index in [1.54, 1.807) is 7.11 Å². The molecule has 0 radical (unpaired) electrons. The minimum Gasteiger partial charge on any atom is -0.496 e. The Labute approximate surface area is 102 Å². The predicted octanol–water partition coefficient (Wildman–Crippen LogP) is 1.80. The number of thiocarbonyl (C=S) groups is 1. The van der Waals surface area contributed by atoms with Gasteiger partial charge in [-0.15, -0.1) is 0 Å². The first-order valence-corrected chi connectivity index (χ1v) is 5.70. The van der Waals surface area contributed by atoms with Crippen molar-refractivity contribution in [1.82, 2.24) is 4.90 Å². The van der Waals surface area contributed by atoms with Crippen molar-refractivity contribution < 1.29 is 4.74 Å². The molecular weight excluding hydrogens is 220 g/mol. The first kappa shape index (κ1) is 12.9. The molecule has 1 aromatic rings. The third-order valence-electron chi connectivity index (χ3n) is 2.41. The summed E-state index contributed by atoms with van der Waals surface area (Å²) in [5, 5.41) is 0. The summed E-state index contributed by atoms with van der Waals surface area (Å²) >= 11 is 4.92. The lowest BCUT2D eigenvalue weighted by molar-refractivity contribution is 0.312. The van der Waals surface area contributed by atoms with Gasteiger partial charge in [0.25, 0.3) is 0 Å². The van der Waals surface area contributed by atoms with Gasteiger partial charge in [-0.25, -0.2) is 0 Å². The molecule has 0 saturated heterocycles. The van der Waals surface area contributed by atoms with E-state index in [-0.39, 0.29) is 0 Å². The molecule has 0 bridgehead atoms.